The highest BCUT2D eigenvalue weighted by Crippen LogP contribution is 2.28. The Kier molecular flexibility index (Phi) is 5.56. The number of rotatable bonds is 7. The SMILES string of the molecule is O=C(NCC1CC1)C1CCCN(CCS(=O)(=O)c2ccccc2)C1. The number of sulfone groups is 1. The molecule has 1 atom stereocenters. The Balaban J connectivity index is 1.49. The zero-order valence-electron chi connectivity index (χ0n) is 14.0. The van der Waals surface area contributed by atoms with Crippen molar-refractivity contribution in [2.45, 2.75) is 30.6 Å². The number of amides is 1. The number of benzene rings is 1. The largest absolute Gasteiger partial charge is 0.356 e. The highest BCUT2D eigenvalue weighted by atomic mass is 32.2. The molecule has 1 aliphatic carbocycles. The number of likely N-dealkylation sites (tertiary alicyclic amines) is 1. The smallest absolute Gasteiger partial charge is 0.224 e. The Morgan fingerprint density at radius 2 is 1.92 bits per heavy atom. The van der Waals surface area contributed by atoms with E-state index in [1.807, 2.05) is 6.07 Å². The molecule has 1 unspecified atom stereocenters. The predicted octanol–water partition coefficient (Wildman–Crippen LogP) is 1.70. The van der Waals surface area contributed by atoms with Gasteiger partial charge >= 0.3 is 0 Å². The molecule has 1 N–H and O–H groups in total. The van der Waals surface area contributed by atoms with Crippen LogP contribution in [0.5, 0.6) is 0 Å². The van der Waals surface area contributed by atoms with E-state index in [9.17, 15) is 13.2 Å². The normalized spacial score (nSPS) is 22.2. The van der Waals surface area contributed by atoms with E-state index < -0.39 is 9.84 Å². The minimum Gasteiger partial charge on any atom is -0.356 e. The minimum atomic E-state index is -3.25. The van der Waals surface area contributed by atoms with E-state index in [1.54, 1.807) is 24.3 Å². The van der Waals surface area contributed by atoms with Crippen LogP contribution in [0.2, 0.25) is 0 Å². The molecule has 1 heterocycles. The maximum atomic E-state index is 12.4. The third-order valence-corrected chi connectivity index (χ3v) is 6.63. The first-order valence-electron chi connectivity index (χ1n) is 8.82. The molecule has 1 saturated heterocycles. The number of carbonyl (C=O) groups excluding carboxylic acids is 1. The quantitative estimate of drug-likeness (QED) is 0.813. The molecule has 1 aromatic rings. The van der Waals surface area contributed by atoms with Crippen LogP contribution in [-0.4, -0.2) is 51.2 Å². The van der Waals surface area contributed by atoms with Gasteiger partial charge in [0.1, 0.15) is 0 Å². The maximum absolute atomic E-state index is 12.4. The third-order valence-electron chi connectivity index (χ3n) is 4.92. The molecule has 2 fully saturated rings. The molecule has 0 radical (unpaired) electrons. The van der Waals surface area contributed by atoms with Crippen molar-refractivity contribution >= 4 is 15.7 Å². The average Bonchev–Trinajstić information content (AvgIpc) is 3.43. The molecule has 0 bridgehead atoms. The summed E-state index contributed by atoms with van der Waals surface area (Å²) >= 11 is 0. The summed E-state index contributed by atoms with van der Waals surface area (Å²) < 4.78 is 24.7. The van der Waals surface area contributed by atoms with Gasteiger partial charge in [0.05, 0.1) is 16.6 Å². The molecular weight excluding hydrogens is 324 g/mol. The van der Waals surface area contributed by atoms with Crippen LogP contribution in [0.4, 0.5) is 0 Å². The number of carbonyl (C=O) groups is 1. The van der Waals surface area contributed by atoms with Gasteiger partial charge in [0.2, 0.25) is 5.91 Å². The highest BCUT2D eigenvalue weighted by Gasteiger charge is 2.28. The number of hydrogen-bond acceptors (Lipinski definition) is 4. The van der Waals surface area contributed by atoms with Gasteiger partial charge in [-0.05, 0) is 50.3 Å². The van der Waals surface area contributed by atoms with Gasteiger partial charge in [-0.15, -0.1) is 0 Å². The van der Waals surface area contributed by atoms with E-state index in [-0.39, 0.29) is 17.6 Å². The van der Waals surface area contributed by atoms with Crippen LogP contribution in [0, 0.1) is 11.8 Å². The first kappa shape index (κ1) is 17.4. The molecule has 5 nitrogen and oxygen atoms in total. The molecule has 2 aliphatic rings. The van der Waals surface area contributed by atoms with E-state index in [2.05, 4.69) is 10.2 Å². The first-order valence-corrected chi connectivity index (χ1v) is 10.5. The van der Waals surface area contributed by atoms with E-state index in [0.29, 0.717) is 23.9 Å². The van der Waals surface area contributed by atoms with Crippen molar-refractivity contribution in [2.24, 2.45) is 11.8 Å². The fraction of sp³-hybridized carbons (Fsp3) is 0.611. The summed E-state index contributed by atoms with van der Waals surface area (Å²) in [6.07, 6.45) is 4.31. The Bertz CT molecular complexity index is 656. The van der Waals surface area contributed by atoms with Crippen molar-refractivity contribution in [3.05, 3.63) is 30.3 Å². The van der Waals surface area contributed by atoms with E-state index >= 15 is 0 Å². The number of piperidine rings is 1. The summed E-state index contributed by atoms with van der Waals surface area (Å²) in [6.45, 7) is 2.83. The van der Waals surface area contributed by atoms with Gasteiger partial charge in [-0.3, -0.25) is 4.79 Å². The Labute approximate surface area is 144 Å². The molecule has 1 saturated carbocycles. The van der Waals surface area contributed by atoms with Crippen molar-refractivity contribution in [1.82, 2.24) is 10.2 Å². The van der Waals surface area contributed by atoms with Crippen LogP contribution in [0.25, 0.3) is 0 Å². The molecule has 0 aromatic heterocycles. The average molecular weight is 350 g/mol. The first-order chi connectivity index (χ1) is 11.5. The lowest BCUT2D eigenvalue weighted by atomic mass is 9.97. The molecule has 6 heteroatoms. The van der Waals surface area contributed by atoms with E-state index in [4.69, 9.17) is 0 Å². The summed E-state index contributed by atoms with van der Waals surface area (Å²) in [6, 6.07) is 8.58. The molecule has 1 aromatic carbocycles. The summed E-state index contributed by atoms with van der Waals surface area (Å²) in [5.74, 6) is 0.923. The lowest BCUT2D eigenvalue weighted by Gasteiger charge is -2.31. The van der Waals surface area contributed by atoms with E-state index in [1.165, 1.54) is 12.8 Å². The van der Waals surface area contributed by atoms with Crippen LogP contribution in [0.3, 0.4) is 0 Å². The standard InChI is InChI=1S/C18H26N2O3S/c21-18(19-13-15-8-9-15)16-5-4-10-20(14-16)11-12-24(22,23)17-6-2-1-3-7-17/h1-3,6-7,15-16H,4-5,8-14H2,(H,19,21). The second-order valence-electron chi connectivity index (χ2n) is 6.96. The fourth-order valence-corrected chi connectivity index (χ4v) is 4.48. The minimum absolute atomic E-state index is 0.00284. The maximum Gasteiger partial charge on any atom is 0.224 e. The Hall–Kier alpha value is -1.40. The lowest BCUT2D eigenvalue weighted by molar-refractivity contribution is -0.126. The monoisotopic (exact) mass is 350 g/mol. The molecule has 1 aliphatic heterocycles. The molecular formula is C18H26N2O3S. The van der Waals surface area contributed by atoms with Gasteiger partial charge in [-0.2, -0.15) is 0 Å². The topological polar surface area (TPSA) is 66.5 Å². The van der Waals surface area contributed by atoms with Crippen molar-refractivity contribution in [2.75, 3.05) is 31.9 Å². The van der Waals surface area contributed by atoms with Crippen molar-refractivity contribution in [3.63, 3.8) is 0 Å². The Morgan fingerprint density at radius 1 is 1.17 bits per heavy atom. The molecule has 24 heavy (non-hydrogen) atoms. The Morgan fingerprint density at radius 3 is 2.62 bits per heavy atom. The van der Waals surface area contributed by atoms with Crippen molar-refractivity contribution in [1.29, 1.82) is 0 Å². The number of nitrogens with one attached hydrogen (secondary N) is 1. The van der Waals surface area contributed by atoms with Crippen LogP contribution in [0.1, 0.15) is 25.7 Å². The second kappa shape index (κ2) is 7.66. The van der Waals surface area contributed by atoms with Gasteiger partial charge in [0, 0.05) is 19.6 Å². The van der Waals surface area contributed by atoms with Crippen LogP contribution in [0.15, 0.2) is 35.2 Å². The van der Waals surface area contributed by atoms with E-state index in [0.717, 1.165) is 25.9 Å². The van der Waals surface area contributed by atoms with Gasteiger partial charge in [0.25, 0.3) is 0 Å². The van der Waals surface area contributed by atoms with Crippen molar-refractivity contribution in [3.8, 4) is 0 Å². The summed E-state index contributed by atoms with van der Waals surface area (Å²) in [5.41, 5.74) is 0. The summed E-state index contributed by atoms with van der Waals surface area (Å²) in [5, 5.41) is 3.05. The molecule has 0 spiro atoms. The zero-order valence-corrected chi connectivity index (χ0v) is 14.8. The fourth-order valence-electron chi connectivity index (χ4n) is 3.18. The third kappa shape index (κ3) is 4.80. The number of hydrogen-bond donors (Lipinski definition) is 1. The molecule has 1 amide bonds. The summed E-state index contributed by atoms with van der Waals surface area (Å²) in [4.78, 5) is 14.7. The van der Waals surface area contributed by atoms with Crippen LogP contribution in [-0.2, 0) is 14.6 Å². The molecule has 132 valence electrons. The lowest BCUT2D eigenvalue weighted by Crippen LogP contribution is -2.44. The number of nitrogens with zero attached hydrogens (tertiary/aromatic N) is 1. The van der Waals surface area contributed by atoms with Crippen LogP contribution < -0.4 is 5.32 Å². The van der Waals surface area contributed by atoms with Gasteiger partial charge in [-0.1, -0.05) is 18.2 Å². The highest BCUT2D eigenvalue weighted by molar-refractivity contribution is 7.91. The summed E-state index contributed by atoms with van der Waals surface area (Å²) in [7, 11) is -3.25. The van der Waals surface area contributed by atoms with Gasteiger partial charge < -0.3 is 10.2 Å². The van der Waals surface area contributed by atoms with Crippen molar-refractivity contribution < 1.29 is 13.2 Å². The van der Waals surface area contributed by atoms with Gasteiger partial charge in [0.15, 0.2) is 9.84 Å². The molecule has 3 rings (SSSR count). The zero-order chi connectivity index (χ0) is 17.0. The second-order valence-corrected chi connectivity index (χ2v) is 9.07. The predicted molar refractivity (Wildman–Crippen MR) is 93.4 cm³/mol. The van der Waals surface area contributed by atoms with Gasteiger partial charge in [-0.25, -0.2) is 8.42 Å². The van der Waals surface area contributed by atoms with Crippen LogP contribution >= 0.6 is 0 Å².